The molecule has 2 aromatic carbocycles. The molecule has 2 fully saturated rings. The van der Waals surface area contributed by atoms with E-state index in [-0.39, 0.29) is 18.4 Å². The summed E-state index contributed by atoms with van der Waals surface area (Å²) < 4.78 is 6.24. The number of ether oxygens (including phenoxy) is 1. The molecule has 0 spiro atoms. The smallest absolute Gasteiger partial charge is 0.318 e. The van der Waals surface area contributed by atoms with Gasteiger partial charge in [0, 0.05) is 68.1 Å². The van der Waals surface area contributed by atoms with E-state index < -0.39 is 0 Å². The maximum Gasteiger partial charge on any atom is 0.318 e. The first-order chi connectivity index (χ1) is 20.8. The summed E-state index contributed by atoms with van der Waals surface area (Å²) in [7, 11) is 4.26. The van der Waals surface area contributed by atoms with Gasteiger partial charge in [-0.25, -0.2) is 4.98 Å². The second kappa shape index (κ2) is 13.4. The van der Waals surface area contributed by atoms with Gasteiger partial charge < -0.3 is 19.4 Å². The van der Waals surface area contributed by atoms with Gasteiger partial charge in [-0.1, -0.05) is 49.9 Å². The Morgan fingerprint density at radius 3 is 2.70 bits per heavy atom. The number of benzene rings is 2. The standard InChI is InChI=1S/C34H43N7O2/c1-6-32(42)41-19-18-40(22-27(41)14-16-35)33-29(15-17-38(4)31-13-9-11-26-10-7-8-12-30(26)31)25(3)36-34(37-33)43-23-28-20-24(2)21-39(28)5/h6-13,24,27-28H,1,14-15,17-23H2,2-5H3/t24-,27?,28-/m0/s1. The molecule has 226 valence electrons. The van der Waals surface area contributed by atoms with Crippen LogP contribution in [-0.4, -0.2) is 91.2 Å². The topological polar surface area (TPSA) is 88.8 Å². The van der Waals surface area contributed by atoms with Gasteiger partial charge in [-0.05, 0) is 50.3 Å². The Balaban J connectivity index is 1.42. The zero-order valence-electron chi connectivity index (χ0n) is 25.9. The average Bonchev–Trinajstić information content (AvgIpc) is 3.34. The Bertz CT molecular complexity index is 1500. The van der Waals surface area contributed by atoms with Crippen LogP contribution in [0, 0.1) is 24.2 Å². The van der Waals surface area contributed by atoms with Crippen LogP contribution >= 0.6 is 0 Å². The van der Waals surface area contributed by atoms with Crippen molar-refractivity contribution in [1.82, 2.24) is 19.8 Å². The zero-order valence-corrected chi connectivity index (χ0v) is 25.9. The van der Waals surface area contributed by atoms with Crippen LogP contribution in [0.25, 0.3) is 10.8 Å². The fourth-order valence-corrected chi connectivity index (χ4v) is 6.58. The van der Waals surface area contributed by atoms with E-state index in [1.807, 2.05) is 6.92 Å². The Kier molecular flexibility index (Phi) is 9.46. The van der Waals surface area contributed by atoms with E-state index >= 15 is 0 Å². The van der Waals surface area contributed by atoms with Gasteiger partial charge in [0.05, 0.1) is 18.5 Å². The molecule has 0 radical (unpaired) electrons. The summed E-state index contributed by atoms with van der Waals surface area (Å²) in [5.74, 6) is 1.33. The number of likely N-dealkylation sites (N-methyl/N-ethyl adjacent to an activating group) is 2. The Labute approximate surface area is 255 Å². The minimum atomic E-state index is -0.247. The Hall–Kier alpha value is -4.16. The molecule has 0 saturated carbocycles. The molecule has 2 aliphatic rings. The first kappa shape index (κ1) is 30.3. The summed E-state index contributed by atoms with van der Waals surface area (Å²) in [5.41, 5.74) is 3.13. The van der Waals surface area contributed by atoms with E-state index in [1.54, 1.807) is 4.90 Å². The van der Waals surface area contributed by atoms with Gasteiger partial charge in [0.25, 0.3) is 0 Å². The number of amides is 1. The van der Waals surface area contributed by atoms with E-state index in [0.717, 1.165) is 43.0 Å². The van der Waals surface area contributed by atoms with Crippen LogP contribution in [0.1, 0.15) is 31.0 Å². The molecule has 9 heteroatoms. The van der Waals surface area contributed by atoms with Crippen LogP contribution < -0.4 is 14.5 Å². The van der Waals surface area contributed by atoms with Crippen molar-refractivity contribution in [2.24, 2.45) is 5.92 Å². The molecule has 43 heavy (non-hydrogen) atoms. The van der Waals surface area contributed by atoms with Crippen molar-refractivity contribution in [2.75, 3.05) is 63.2 Å². The van der Waals surface area contributed by atoms with E-state index in [4.69, 9.17) is 14.7 Å². The van der Waals surface area contributed by atoms with Gasteiger partial charge in [-0.2, -0.15) is 10.2 Å². The summed E-state index contributed by atoms with van der Waals surface area (Å²) in [5, 5.41) is 12.0. The monoisotopic (exact) mass is 581 g/mol. The number of carbonyl (C=O) groups excluding carboxylic acids is 1. The molecule has 3 atom stereocenters. The summed E-state index contributed by atoms with van der Waals surface area (Å²) >= 11 is 0. The fourth-order valence-electron chi connectivity index (χ4n) is 6.58. The minimum absolute atomic E-state index is 0.144. The average molecular weight is 582 g/mol. The predicted octanol–water partition coefficient (Wildman–Crippen LogP) is 4.45. The summed E-state index contributed by atoms with van der Waals surface area (Å²) in [6.07, 6.45) is 3.40. The van der Waals surface area contributed by atoms with Crippen LogP contribution in [-0.2, 0) is 11.2 Å². The lowest BCUT2D eigenvalue weighted by Gasteiger charge is -2.41. The number of nitrogens with zero attached hydrogens (tertiary/aromatic N) is 7. The maximum absolute atomic E-state index is 12.6. The van der Waals surface area contributed by atoms with Crippen LogP contribution in [0.2, 0.25) is 0 Å². The quantitative estimate of drug-likeness (QED) is 0.325. The maximum atomic E-state index is 12.6. The number of hydrogen-bond donors (Lipinski definition) is 0. The van der Waals surface area contributed by atoms with Gasteiger partial charge in [0.2, 0.25) is 5.91 Å². The molecule has 1 amide bonds. The van der Waals surface area contributed by atoms with E-state index in [9.17, 15) is 10.1 Å². The molecule has 3 heterocycles. The summed E-state index contributed by atoms with van der Waals surface area (Å²) in [6, 6.07) is 17.6. The molecule has 3 aromatic rings. The predicted molar refractivity (Wildman–Crippen MR) is 172 cm³/mol. The van der Waals surface area contributed by atoms with Crippen molar-refractivity contribution in [2.45, 2.75) is 45.2 Å². The van der Waals surface area contributed by atoms with Crippen LogP contribution in [0.4, 0.5) is 11.5 Å². The van der Waals surface area contributed by atoms with Crippen molar-refractivity contribution in [1.29, 1.82) is 5.26 Å². The lowest BCUT2D eigenvalue weighted by atomic mass is 10.1. The Morgan fingerprint density at radius 1 is 1.16 bits per heavy atom. The number of nitriles is 1. The number of hydrogen-bond acceptors (Lipinski definition) is 8. The second-order valence-corrected chi connectivity index (χ2v) is 12.0. The van der Waals surface area contributed by atoms with Gasteiger partial charge in [0.1, 0.15) is 12.4 Å². The second-order valence-electron chi connectivity index (χ2n) is 12.0. The van der Waals surface area contributed by atoms with Crippen molar-refractivity contribution >= 4 is 28.2 Å². The molecule has 9 nitrogen and oxygen atoms in total. The lowest BCUT2D eigenvalue weighted by Crippen LogP contribution is -2.55. The van der Waals surface area contributed by atoms with Crippen molar-refractivity contribution in [3.8, 4) is 12.1 Å². The summed E-state index contributed by atoms with van der Waals surface area (Å²) in [6.45, 7) is 11.9. The normalized spacial score (nSPS) is 20.7. The van der Waals surface area contributed by atoms with E-state index in [2.05, 4.69) is 90.8 Å². The third-order valence-corrected chi connectivity index (χ3v) is 8.92. The van der Waals surface area contributed by atoms with Crippen LogP contribution in [0.5, 0.6) is 6.01 Å². The number of anilines is 2. The highest BCUT2D eigenvalue weighted by Crippen LogP contribution is 2.30. The molecule has 1 aromatic heterocycles. The van der Waals surface area contributed by atoms with Crippen LogP contribution in [0.3, 0.4) is 0 Å². The number of fused-ring (bicyclic) bond motifs is 1. The highest BCUT2D eigenvalue weighted by molar-refractivity contribution is 5.94. The minimum Gasteiger partial charge on any atom is -0.462 e. The summed E-state index contributed by atoms with van der Waals surface area (Å²) in [4.78, 5) is 31.0. The largest absolute Gasteiger partial charge is 0.462 e. The van der Waals surface area contributed by atoms with Crippen molar-refractivity contribution in [3.63, 3.8) is 0 Å². The lowest BCUT2D eigenvalue weighted by molar-refractivity contribution is -0.128. The van der Waals surface area contributed by atoms with Gasteiger partial charge in [-0.15, -0.1) is 0 Å². The van der Waals surface area contributed by atoms with E-state index in [0.29, 0.717) is 44.2 Å². The third kappa shape index (κ3) is 6.75. The Morgan fingerprint density at radius 2 is 1.95 bits per heavy atom. The number of carbonyl (C=O) groups is 1. The zero-order chi connectivity index (χ0) is 30.5. The fraction of sp³-hybridized carbons (Fsp3) is 0.471. The number of likely N-dealkylation sites (tertiary alicyclic amines) is 1. The number of piperazine rings is 1. The molecule has 0 bridgehead atoms. The number of rotatable bonds is 10. The molecule has 1 unspecified atom stereocenters. The number of aryl methyl sites for hydroxylation is 1. The van der Waals surface area contributed by atoms with Crippen LogP contribution in [0.15, 0.2) is 55.1 Å². The van der Waals surface area contributed by atoms with Crippen molar-refractivity contribution < 1.29 is 9.53 Å². The molecular formula is C34H43N7O2. The molecular weight excluding hydrogens is 538 g/mol. The highest BCUT2D eigenvalue weighted by atomic mass is 16.5. The first-order valence-corrected chi connectivity index (χ1v) is 15.2. The molecule has 2 saturated heterocycles. The number of aromatic nitrogens is 2. The van der Waals surface area contributed by atoms with E-state index in [1.165, 1.54) is 22.5 Å². The van der Waals surface area contributed by atoms with Gasteiger partial charge >= 0.3 is 6.01 Å². The first-order valence-electron chi connectivity index (χ1n) is 15.2. The van der Waals surface area contributed by atoms with Gasteiger partial charge in [-0.3, -0.25) is 9.69 Å². The van der Waals surface area contributed by atoms with Gasteiger partial charge in [0.15, 0.2) is 0 Å². The molecule has 5 rings (SSSR count). The SMILES string of the molecule is C=CC(=O)N1CCN(c2nc(OC[C@@H]3C[C@H](C)CN3C)nc(C)c2CCN(C)c2cccc3ccccc23)CC1CC#N. The molecule has 0 N–H and O–H groups in total. The third-order valence-electron chi connectivity index (χ3n) is 8.92. The molecule has 0 aliphatic carbocycles. The highest BCUT2D eigenvalue weighted by Gasteiger charge is 2.32. The van der Waals surface area contributed by atoms with Crippen molar-refractivity contribution in [3.05, 3.63) is 66.4 Å². The molecule has 2 aliphatic heterocycles.